The quantitative estimate of drug-likeness (QED) is 0.650. The summed E-state index contributed by atoms with van der Waals surface area (Å²) in [5.41, 5.74) is 1.94. The molecule has 0 unspecified atom stereocenters. The van der Waals surface area contributed by atoms with E-state index in [2.05, 4.69) is 10.3 Å². The predicted molar refractivity (Wildman–Crippen MR) is 45.2 cm³/mol. The fourth-order valence-electron chi connectivity index (χ4n) is 1.58. The van der Waals surface area contributed by atoms with Crippen molar-refractivity contribution >= 4 is 17.0 Å². The molecule has 3 rings (SSSR count). The van der Waals surface area contributed by atoms with Crippen LogP contribution in [0.3, 0.4) is 0 Å². The molecule has 4 heteroatoms. The minimum atomic E-state index is -0.0903. The van der Waals surface area contributed by atoms with E-state index in [4.69, 9.17) is 4.42 Å². The number of rotatable bonds is 0. The molecule has 2 aromatic heterocycles. The number of hydrogen-bond acceptors (Lipinski definition) is 3. The Balaban J connectivity index is 2.46. The molecule has 2 aromatic rings. The highest BCUT2D eigenvalue weighted by atomic mass is 16.3. The molecule has 3 heterocycles. The Labute approximate surface area is 73.6 Å². The third-order valence-electron chi connectivity index (χ3n) is 2.16. The lowest BCUT2D eigenvalue weighted by atomic mass is 10.2. The lowest BCUT2D eigenvalue weighted by molar-refractivity contribution is 0.0967. The van der Waals surface area contributed by atoms with Gasteiger partial charge in [0.2, 0.25) is 0 Å². The molecule has 0 atom stereocenters. The normalized spacial score (nSPS) is 14.6. The number of carbonyl (C=O) groups is 1. The van der Waals surface area contributed by atoms with Gasteiger partial charge in [0, 0.05) is 6.20 Å². The van der Waals surface area contributed by atoms with Gasteiger partial charge >= 0.3 is 0 Å². The van der Waals surface area contributed by atoms with Gasteiger partial charge < -0.3 is 9.73 Å². The first-order valence-electron chi connectivity index (χ1n) is 4.01. The first kappa shape index (κ1) is 6.65. The van der Waals surface area contributed by atoms with Crippen LogP contribution in [0.25, 0.3) is 11.1 Å². The largest absolute Gasteiger partial charge is 0.457 e. The maximum atomic E-state index is 11.3. The second kappa shape index (κ2) is 2.10. The molecule has 0 bridgehead atoms. The zero-order valence-corrected chi connectivity index (χ0v) is 6.70. The minimum absolute atomic E-state index is 0.0903. The number of nitrogens with zero attached hydrogens (tertiary/aromatic N) is 1. The Morgan fingerprint density at radius 2 is 2.46 bits per heavy atom. The second-order valence-electron chi connectivity index (χ2n) is 2.93. The molecule has 13 heavy (non-hydrogen) atoms. The van der Waals surface area contributed by atoms with Crippen molar-refractivity contribution < 1.29 is 9.21 Å². The van der Waals surface area contributed by atoms with E-state index < -0.39 is 0 Å². The summed E-state index contributed by atoms with van der Waals surface area (Å²) in [6.07, 6.45) is 1.66. The van der Waals surface area contributed by atoms with E-state index in [0.29, 0.717) is 29.0 Å². The molecule has 0 aliphatic carbocycles. The summed E-state index contributed by atoms with van der Waals surface area (Å²) in [4.78, 5) is 15.4. The van der Waals surface area contributed by atoms with E-state index >= 15 is 0 Å². The van der Waals surface area contributed by atoms with E-state index in [0.717, 1.165) is 0 Å². The number of nitrogens with one attached hydrogen (secondary N) is 1. The molecule has 0 fully saturated rings. The van der Waals surface area contributed by atoms with E-state index in [1.807, 2.05) is 6.07 Å². The van der Waals surface area contributed by atoms with E-state index in [1.54, 1.807) is 12.3 Å². The molecule has 1 aliphatic rings. The summed E-state index contributed by atoms with van der Waals surface area (Å²) in [5, 5.41) is 2.68. The van der Waals surface area contributed by atoms with Crippen molar-refractivity contribution in [3.63, 3.8) is 0 Å². The lowest BCUT2D eigenvalue weighted by Crippen LogP contribution is -2.13. The van der Waals surface area contributed by atoms with E-state index in [1.165, 1.54) is 0 Å². The molecule has 1 aliphatic heterocycles. The third kappa shape index (κ3) is 0.744. The molecule has 0 spiro atoms. The number of carbonyl (C=O) groups excluding carboxylic acids is 1. The molecule has 1 N–H and O–H groups in total. The van der Waals surface area contributed by atoms with Crippen molar-refractivity contribution in [3.8, 4) is 0 Å². The zero-order valence-electron chi connectivity index (χ0n) is 6.70. The highest BCUT2D eigenvalue weighted by Crippen LogP contribution is 2.26. The van der Waals surface area contributed by atoms with Gasteiger partial charge in [-0.1, -0.05) is 0 Å². The van der Waals surface area contributed by atoms with Crippen molar-refractivity contribution in [1.29, 1.82) is 0 Å². The number of hydrogen-bond donors (Lipinski definition) is 1. The van der Waals surface area contributed by atoms with Crippen LogP contribution in [-0.2, 0) is 6.54 Å². The molecule has 1 amide bonds. The summed E-state index contributed by atoms with van der Waals surface area (Å²) < 4.78 is 5.44. The van der Waals surface area contributed by atoms with Gasteiger partial charge in [-0.3, -0.25) is 9.78 Å². The molecule has 64 valence electrons. The zero-order chi connectivity index (χ0) is 8.84. The molecular weight excluding hydrogens is 168 g/mol. The van der Waals surface area contributed by atoms with Crippen molar-refractivity contribution in [2.75, 3.05) is 0 Å². The molecule has 0 saturated heterocycles. The lowest BCUT2D eigenvalue weighted by Gasteiger charge is -1.90. The molecule has 4 nitrogen and oxygen atoms in total. The monoisotopic (exact) mass is 174 g/mol. The Kier molecular flexibility index (Phi) is 1.07. The molecule has 0 radical (unpaired) electrons. The summed E-state index contributed by atoms with van der Waals surface area (Å²) in [5.74, 6) is 0.603. The van der Waals surface area contributed by atoms with E-state index in [-0.39, 0.29) is 5.91 Å². The van der Waals surface area contributed by atoms with Crippen LogP contribution in [0.1, 0.15) is 16.1 Å². The number of aromatic nitrogens is 1. The van der Waals surface area contributed by atoms with Crippen LogP contribution in [0, 0.1) is 0 Å². The predicted octanol–water partition coefficient (Wildman–Crippen LogP) is 1.07. The molecule has 0 aromatic carbocycles. The van der Waals surface area contributed by atoms with Crippen molar-refractivity contribution in [2.24, 2.45) is 0 Å². The number of amides is 1. The Hall–Kier alpha value is -1.84. The fourth-order valence-corrected chi connectivity index (χ4v) is 1.58. The molecule has 0 saturated carbocycles. The van der Waals surface area contributed by atoms with E-state index in [9.17, 15) is 4.79 Å². The van der Waals surface area contributed by atoms with Crippen LogP contribution in [0.5, 0.6) is 0 Å². The fraction of sp³-hybridized carbons (Fsp3) is 0.111. The number of pyridine rings is 1. The van der Waals surface area contributed by atoms with Gasteiger partial charge in [-0.05, 0) is 12.1 Å². The van der Waals surface area contributed by atoms with Crippen LogP contribution in [-0.4, -0.2) is 10.9 Å². The summed E-state index contributed by atoms with van der Waals surface area (Å²) in [6, 6.07) is 3.60. The van der Waals surface area contributed by atoms with Crippen molar-refractivity contribution in [3.05, 3.63) is 29.7 Å². The smallest absolute Gasteiger partial charge is 0.257 e. The topological polar surface area (TPSA) is 55.1 Å². The van der Waals surface area contributed by atoms with Crippen LogP contribution in [0.2, 0.25) is 0 Å². The van der Waals surface area contributed by atoms with Gasteiger partial charge in [0.25, 0.3) is 5.91 Å². The first-order chi connectivity index (χ1) is 6.36. The van der Waals surface area contributed by atoms with Gasteiger partial charge in [-0.25, -0.2) is 0 Å². The van der Waals surface area contributed by atoms with Crippen LogP contribution in [0.4, 0.5) is 0 Å². The third-order valence-corrected chi connectivity index (χ3v) is 2.16. The number of furan rings is 1. The SMILES string of the molecule is O=C1NCc2oc3cccnc3c21. The van der Waals surface area contributed by atoms with Crippen LogP contribution in [0.15, 0.2) is 22.7 Å². The van der Waals surface area contributed by atoms with Gasteiger partial charge in [-0.2, -0.15) is 0 Å². The Morgan fingerprint density at radius 3 is 3.38 bits per heavy atom. The summed E-state index contributed by atoms with van der Waals surface area (Å²) >= 11 is 0. The molecular formula is C9H6N2O2. The highest BCUT2D eigenvalue weighted by molar-refractivity contribution is 6.07. The average Bonchev–Trinajstić information content (AvgIpc) is 2.66. The Morgan fingerprint density at radius 1 is 1.54 bits per heavy atom. The van der Waals surface area contributed by atoms with Gasteiger partial charge in [0.15, 0.2) is 5.58 Å². The maximum absolute atomic E-state index is 11.3. The van der Waals surface area contributed by atoms with Gasteiger partial charge in [-0.15, -0.1) is 0 Å². The van der Waals surface area contributed by atoms with Crippen molar-refractivity contribution in [1.82, 2.24) is 10.3 Å². The second-order valence-corrected chi connectivity index (χ2v) is 2.93. The average molecular weight is 174 g/mol. The van der Waals surface area contributed by atoms with Gasteiger partial charge in [0.05, 0.1) is 6.54 Å². The first-order valence-corrected chi connectivity index (χ1v) is 4.01. The standard InChI is InChI=1S/C9H6N2O2/c12-9-7-6(4-11-9)13-5-2-1-3-10-8(5)7/h1-3H,4H2,(H,11,12). The number of fused-ring (bicyclic) bond motifs is 3. The van der Waals surface area contributed by atoms with Gasteiger partial charge in [0.1, 0.15) is 16.8 Å². The van der Waals surface area contributed by atoms with Crippen LogP contribution < -0.4 is 5.32 Å². The van der Waals surface area contributed by atoms with Crippen LogP contribution >= 0.6 is 0 Å². The Bertz CT molecular complexity index is 501. The van der Waals surface area contributed by atoms with Crippen molar-refractivity contribution in [2.45, 2.75) is 6.54 Å². The maximum Gasteiger partial charge on any atom is 0.257 e. The summed E-state index contributed by atoms with van der Waals surface area (Å²) in [7, 11) is 0. The highest BCUT2D eigenvalue weighted by Gasteiger charge is 2.26. The summed E-state index contributed by atoms with van der Waals surface area (Å²) in [6.45, 7) is 0.477. The minimum Gasteiger partial charge on any atom is -0.457 e.